The topological polar surface area (TPSA) is 103 Å². The first kappa shape index (κ1) is 17.6. The highest BCUT2D eigenvalue weighted by atomic mass is 16.5. The van der Waals surface area contributed by atoms with Crippen molar-refractivity contribution < 1.29 is 19.1 Å². The maximum Gasteiger partial charge on any atom is 0.319 e. The summed E-state index contributed by atoms with van der Waals surface area (Å²) in [5.41, 5.74) is 5.81. The molecule has 2 atom stereocenters. The Kier molecular flexibility index (Phi) is 6.49. The number of benzene rings is 1. The van der Waals surface area contributed by atoms with Gasteiger partial charge in [0.05, 0.1) is 14.2 Å². The van der Waals surface area contributed by atoms with E-state index in [1.54, 1.807) is 18.2 Å². The third-order valence-electron chi connectivity index (χ3n) is 3.42. The molecule has 0 aliphatic carbocycles. The van der Waals surface area contributed by atoms with Gasteiger partial charge in [0.2, 0.25) is 5.91 Å². The van der Waals surface area contributed by atoms with Crippen molar-refractivity contribution >= 4 is 17.6 Å². The standard InChI is InChI=1S/C15H23N3O4/c1-5-9(2)13(14(16)19)18-15(20)17-10-6-11(21-3)8-12(7-10)22-4/h6-9,13H,5H2,1-4H3,(H2,16,19)(H2,17,18,20)/t9-,13+/m0/s1. The van der Waals surface area contributed by atoms with Crippen LogP contribution in [0.3, 0.4) is 0 Å². The molecule has 0 aliphatic rings. The first-order valence-corrected chi connectivity index (χ1v) is 7.01. The predicted molar refractivity (Wildman–Crippen MR) is 84.1 cm³/mol. The van der Waals surface area contributed by atoms with Crippen LogP contribution in [0.4, 0.5) is 10.5 Å². The normalized spacial score (nSPS) is 12.9. The van der Waals surface area contributed by atoms with Crippen LogP contribution in [-0.4, -0.2) is 32.2 Å². The number of nitrogens with two attached hydrogens (primary N) is 1. The Hall–Kier alpha value is -2.44. The zero-order valence-electron chi connectivity index (χ0n) is 13.3. The molecule has 0 spiro atoms. The van der Waals surface area contributed by atoms with Crippen LogP contribution in [0.15, 0.2) is 18.2 Å². The minimum absolute atomic E-state index is 0.0527. The quantitative estimate of drug-likeness (QED) is 0.713. The Bertz CT molecular complexity index is 511. The van der Waals surface area contributed by atoms with Crippen molar-refractivity contribution in [2.45, 2.75) is 26.3 Å². The summed E-state index contributed by atoms with van der Waals surface area (Å²) < 4.78 is 10.3. The third-order valence-corrected chi connectivity index (χ3v) is 3.42. The van der Waals surface area contributed by atoms with Gasteiger partial charge in [0.25, 0.3) is 0 Å². The van der Waals surface area contributed by atoms with Crippen LogP contribution >= 0.6 is 0 Å². The summed E-state index contributed by atoms with van der Waals surface area (Å²) in [7, 11) is 3.04. The zero-order chi connectivity index (χ0) is 16.7. The van der Waals surface area contributed by atoms with Gasteiger partial charge >= 0.3 is 6.03 Å². The second-order valence-corrected chi connectivity index (χ2v) is 4.97. The number of carbonyl (C=O) groups is 2. The number of ether oxygens (including phenoxy) is 2. The molecule has 0 bridgehead atoms. The average molecular weight is 309 g/mol. The second kappa shape index (κ2) is 8.11. The molecule has 1 aromatic rings. The molecule has 0 saturated carbocycles. The van der Waals surface area contributed by atoms with Gasteiger partial charge in [-0.25, -0.2) is 4.79 Å². The van der Waals surface area contributed by atoms with Crippen molar-refractivity contribution in [2.24, 2.45) is 11.7 Å². The van der Waals surface area contributed by atoms with Crippen LogP contribution in [-0.2, 0) is 4.79 Å². The fourth-order valence-corrected chi connectivity index (χ4v) is 1.92. The molecule has 0 aliphatic heterocycles. The zero-order valence-corrected chi connectivity index (χ0v) is 13.3. The van der Waals surface area contributed by atoms with E-state index in [4.69, 9.17) is 15.2 Å². The summed E-state index contributed by atoms with van der Waals surface area (Å²) in [6, 6.07) is 3.74. The first-order chi connectivity index (χ1) is 10.4. The molecule has 7 nitrogen and oxygen atoms in total. The van der Waals surface area contributed by atoms with Crippen molar-refractivity contribution in [3.8, 4) is 11.5 Å². The van der Waals surface area contributed by atoms with E-state index >= 15 is 0 Å². The molecule has 3 amide bonds. The number of anilines is 1. The van der Waals surface area contributed by atoms with E-state index < -0.39 is 18.0 Å². The van der Waals surface area contributed by atoms with Crippen molar-refractivity contribution in [2.75, 3.05) is 19.5 Å². The second-order valence-electron chi connectivity index (χ2n) is 4.97. The highest BCUT2D eigenvalue weighted by Crippen LogP contribution is 2.25. The molecule has 0 radical (unpaired) electrons. The molecule has 4 N–H and O–H groups in total. The number of rotatable bonds is 7. The van der Waals surface area contributed by atoms with Gasteiger partial charge in [-0.15, -0.1) is 0 Å². The number of methoxy groups -OCH3 is 2. The maximum absolute atomic E-state index is 12.0. The first-order valence-electron chi connectivity index (χ1n) is 7.01. The molecule has 7 heteroatoms. The third kappa shape index (κ3) is 4.83. The molecular weight excluding hydrogens is 286 g/mol. The van der Waals surface area contributed by atoms with Gasteiger partial charge in [0, 0.05) is 23.9 Å². The maximum atomic E-state index is 12.0. The van der Waals surface area contributed by atoms with Gasteiger partial charge in [-0.05, 0) is 5.92 Å². The van der Waals surface area contributed by atoms with Crippen LogP contribution < -0.4 is 25.8 Å². The van der Waals surface area contributed by atoms with Crippen LogP contribution in [0.25, 0.3) is 0 Å². The summed E-state index contributed by atoms with van der Waals surface area (Å²) >= 11 is 0. The van der Waals surface area contributed by atoms with Crippen molar-refractivity contribution in [1.82, 2.24) is 5.32 Å². The Morgan fingerprint density at radius 3 is 2.14 bits per heavy atom. The molecule has 0 unspecified atom stereocenters. The molecule has 0 fully saturated rings. The van der Waals surface area contributed by atoms with Gasteiger partial charge in [-0.2, -0.15) is 0 Å². The minimum atomic E-state index is -0.725. The van der Waals surface area contributed by atoms with E-state index in [1.807, 2.05) is 13.8 Å². The Labute approximate surface area is 130 Å². The van der Waals surface area contributed by atoms with Gasteiger partial charge in [-0.1, -0.05) is 20.3 Å². The van der Waals surface area contributed by atoms with Gasteiger partial charge in [0.1, 0.15) is 17.5 Å². The van der Waals surface area contributed by atoms with E-state index in [2.05, 4.69) is 10.6 Å². The van der Waals surface area contributed by atoms with Crippen LogP contribution in [0.5, 0.6) is 11.5 Å². The number of urea groups is 1. The molecule has 122 valence electrons. The average Bonchev–Trinajstić information content (AvgIpc) is 2.50. The highest BCUT2D eigenvalue weighted by molar-refractivity contribution is 5.93. The Morgan fingerprint density at radius 2 is 1.73 bits per heavy atom. The highest BCUT2D eigenvalue weighted by Gasteiger charge is 2.23. The predicted octanol–water partition coefficient (Wildman–Crippen LogP) is 1.73. The number of hydrogen-bond acceptors (Lipinski definition) is 4. The molecular formula is C15H23N3O4. The number of amides is 3. The Balaban J connectivity index is 2.81. The number of hydrogen-bond donors (Lipinski definition) is 3. The van der Waals surface area contributed by atoms with E-state index in [-0.39, 0.29) is 5.92 Å². The van der Waals surface area contributed by atoms with E-state index in [0.29, 0.717) is 17.2 Å². The molecule has 1 rings (SSSR count). The summed E-state index contributed by atoms with van der Waals surface area (Å²) in [6.45, 7) is 3.78. The van der Waals surface area contributed by atoms with Gasteiger partial charge in [-0.3, -0.25) is 4.79 Å². The lowest BCUT2D eigenvalue weighted by molar-refractivity contribution is -0.120. The van der Waals surface area contributed by atoms with Crippen LogP contribution in [0.2, 0.25) is 0 Å². The summed E-state index contributed by atoms with van der Waals surface area (Å²) in [5, 5.41) is 5.22. The van der Waals surface area contributed by atoms with Gasteiger partial charge < -0.3 is 25.8 Å². The lowest BCUT2D eigenvalue weighted by Gasteiger charge is -2.21. The lowest BCUT2D eigenvalue weighted by Crippen LogP contribution is -2.49. The molecule has 22 heavy (non-hydrogen) atoms. The summed E-state index contributed by atoms with van der Waals surface area (Å²) in [6.07, 6.45) is 0.723. The summed E-state index contributed by atoms with van der Waals surface area (Å²) in [4.78, 5) is 23.5. The summed E-state index contributed by atoms with van der Waals surface area (Å²) in [5.74, 6) is 0.474. The number of nitrogens with one attached hydrogen (secondary N) is 2. The smallest absolute Gasteiger partial charge is 0.319 e. The van der Waals surface area contributed by atoms with Crippen molar-refractivity contribution in [1.29, 1.82) is 0 Å². The van der Waals surface area contributed by atoms with Gasteiger partial charge in [0.15, 0.2) is 0 Å². The van der Waals surface area contributed by atoms with E-state index in [9.17, 15) is 9.59 Å². The SMILES string of the molecule is CC[C@H](C)[C@@H](NC(=O)Nc1cc(OC)cc(OC)c1)C(N)=O. The minimum Gasteiger partial charge on any atom is -0.497 e. The largest absolute Gasteiger partial charge is 0.497 e. The number of primary amides is 1. The number of carbonyl (C=O) groups excluding carboxylic acids is 2. The molecule has 1 aromatic carbocycles. The van der Waals surface area contributed by atoms with Crippen molar-refractivity contribution in [3.05, 3.63) is 18.2 Å². The fourth-order valence-electron chi connectivity index (χ4n) is 1.92. The molecule has 0 heterocycles. The van der Waals surface area contributed by atoms with Crippen LogP contribution in [0, 0.1) is 5.92 Å². The molecule has 0 saturated heterocycles. The lowest BCUT2D eigenvalue weighted by atomic mass is 9.99. The molecule has 0 aromatic heterocycles. The van der Waals surface area contributed by atoms with Crippen LogP contribution in [0.1, 0.15) is 20.3 Å². The van der Waals surface area contributed by atoms with Crippen molar-refractivity contribution in [3.63, 3.8) is 0 Å². The Morgan fingerprint density at radius 1 is 1.18 bits per heavy atom. The van der Waals surface area contributed by atoms with E-state index in [0.717, 1.165) is 6.42 Å². The van der Waals surface area contributed by atoms with E-state index in [1.165, 1.54) is 14.2 Å². The fraction of sp³-hybridized carbons (Fsp3) is 0.467. The monoisotopic (exact) mass is 309 g/mol.